The summed E-state index contributed by atoms with van der Waals surface area (Å²) in [6.07, 6.45) is 0. The van der Waals surface area contributed by atoms with Crippen LogP contribution in [0.25, 0.3) is 0 Å². The molecule has 90 valence electrons. The van der Waals surface area contributed by atoms with Crippen molar-refractivity contribution in [3.05, 3.63) is 0 Å². The van der Waals surface area contributed by atoms with Crippen molar-refractivity contribution >= 4 is 32.4 Å². The van der Waals surface area contributed by atoms with Crippen molar-refractivity contribution in [2.75, 3.05) is 11.9 Å². The monoisotopic (exact) mass is 266 g/mol. The molecule has 0 saturated carbocycles. The highest BCUT2D eigenvalue weighted by Gasteiger charge is 2.20. The van der Waals surface area contributed by atoms with Gasteiger partial charge in [0.25, 0.3) is 14.4 Å². The first-order valence-corrected chi connectivity index (χ1v) is 6.50. The molecule has 2 N–H and O–H groups in total. The van der Waals surface area contributed by atoms with Gasteiger partial charge in [-0.15, -0.1) is 10.2 Å². The molecule has 0 radical (unpaired) electrons. The van der Waals surface area contributed by atoms with Crippen LogP contribution in [0.3, 0.4) is 0 Å². The molecule has 1 aromatic heterocycles. The van der Waals surface area contributed by atoms with Gasteiger partial charge in [0.2, 0.25) is 11.0 Å². The highest BCUT2D eigenvalue weighted by molar-refractivity contribution is 7.91. The van der Waals surface area contributed by atoms with E-state index in [-0.39, 0.29) is 22.0 Å². The van der Waals surface area contributed by atoms with E-state index in [1.807, 2.05) is 4.89 Å². The Labute approximate surface area is 96.0 Å². The molecule has 1 heterocycles. The van der Waals surface area contributed by atoms with Crippen LogP contribution in [0.4, 0.5) is 5.13 Å². The second kappa shape index (κ2) is 5.30. The largest absolute Gasteiger partial charge is 0.301 e. The van der Waals surface area contributed by atoms with Gasteiger partial charge in [-0.05, 0) is 6.92 Å². The number of anilines is 1. The van der Waals surface area contributed by atoms with Crippen molar-refractivity contribution in [2.45, 2.75) is 18.2 Å². The zero-order chi connectivity index (χ0) is 12.2. The van der Waals surface area contributed by atoms with Crippen LogP contribution in [-0.2, 0) is 19.7 Å². The zero-order valence-corrected chi connectivity index (χ0v) is 10.2. The van der Waals surface area contributed by atoms with Gasteiger partial charge in [-0.2, -0.15) is 0 Å². The van der Waals surface area contributed by atoms with E-state index in [9.17, 15) is 13.2 Å². The molecule has 0 aromatic carbocycles. The molecule has 1 aromatic rings. The van der Waals surface area contributed by atoms with Gasteiger partial charge in [0, 0.05) is 6.92 Å². The molecule has 0 saturated heterocycles. The summed E-state index contributed by atoms with van der Waals surface area (Å²) in [5.74, 6) is -0.349. The van der Waals surface area contributed by atoms with E-state index >= 15 is 0 Å². The Balaban J connectivity index is 2.80. The SMILES string of the molecule is CCONS(=O)(=O)c1nnc(NC(C)=O)s1. The quantitative estimate of drug-likeness (QED) is 0.560. The summed E-state index contributed by atoms with van der Waals surface area (Å²) >= 11 is 0.734. The number of nitrogens with zero attached hydrogens (tertiary/aromatic N) is 2. The fourth-order valence-electron chi connectivity index (χ4n) is 0.692. The van der Waals surface area contributed by atoms with Crippen LogP contribution in [0.1, 0.15) is 13.8 Å². The molecule has 16 heavy (non-hydrogen) atoms. The smallest absolute Gasteiger partial charge is 0.291 e. The second-order valence-corrected chi connectivity index (χ2v) is 5.37. The number of aromatic nitrogens is 2. The fraction of sp³-hybridized carbons (Fsp3) is 0.500. The average molecular weight is 266 g/mol. The first kappa shape index (κ1) is 13.0. The molecule has 0 bridgehead atoms. The highest BCUT2D eigenvalue weighted by atomic mass is 32.2. The van der Waals surface area contributed by atoms with Gasteiger partial charge < -0.3 is 5.32 Å². The van der Waals surface area contributed by atoms with Gasteiger partial charge in [-0.1, -0.05) is 16.2 Å². The zero-order valence-electron chi connectivity index (χ0n) is 8.55. The standard InChI is InChI=1S/C6H10N4O4S2/c1-3-14-10-16(12,13)6-9-8-5(15-6)7-4(2)11/h10H,3H2,1-2H3,(H,7,8,11). The summed E-state index contributed by atoms with van der Waals surface area (Å²) in [6, 6.07) is 0. The van der Waals surface area contributed by atoms with Crippen molar-refractivity contribution < 1.29 is 18.0 Å². The molecule has 0 aliphatic rings. The third-order valence-electron chi connectivity index (χ3n) is 1.23. The van der Waals surface area contributed by atoms with Crippen molar-refractivity contribution in [3.63, 3.8) is 0 Å². The predicted molar refractivity (Wildman–Crippen MR) is 56.2 cm³/mol. The lowest BCUT2D eigenvalue weighted by Crippen LogP contribution is -2.23. The van der Waals surface area contributed by atoms with Crippen LogP contribution < -0.4 is 10.2 Å². The Hall–Kier alpha value is -1.10. The van der Waals surface area contributed by atoms with E-state index in [0.717, 1.165) is 11.3 Å². The summed E-state index contributed by atoms with van der Waals surface area (Å²) in [4.78, 5) is 17.1. The fourth-order valence-corrected chi connectivity index (χ4v) is 2.49. The Morgan fingerprint density at radius 2 is 2.19 bits per heavy atom. The number of hydrogen-bond acceptors (Lipinski definition) is 7. The number of carbonyl (C=O) groups is 1. The normalized spacial score (nSPS) is 11.4. The van der Waals surface area contributed by atoms with Crippen molar-refractivity contribution in [1.29, 1.82) is 0 Å². The van der Waals surface area contributed by atoms with Gasteiger partial charge in [0.05, 0.1) is 6.61 Å². The van der Waals surface area contributed by atoms with Crippen molar-refractivity contribution in [3.8, 4) is 0 Å². The molecule has 0 spiro atoms. The summed E-state index contributed by atoms with van der Waals surface area (Å²) < 4.78 is 22.6. The number of amides is 1. The van der Waals surface area contributed by atoms with Gasteiger partial charge in [0.15, 0.2) is 0 Å². The first-order chi connectivity index (χ1) is 7.45. The molecule has 0 fully saturated rings. The van der Waals surface area contributed by atoms with E-state index in [4.69, 9.17) is 0 Å². The maximum Gasteiger partial charge on any atom is 0.291 e. The van der Waals surface area contributed by atoms with Crippen molar-refractivity contribution in [1.82, 2.24) is 15.1 Å². The Bertz CT molecular complexity index is 469. The summed E-state index contributed by atoms with van der Waals surface area (Å²) in [7, 11) is -3.82. The minimum atomic E-state index is -3.82. The van der Waals surface area contributed by atoms with Gasteiger partial charge in [0.1, 0.15) is 0 Å². The average Bonchev–Trinajstić information content (AvgIpc) is 2.63. The van der Waals surface area contributed by atoms with E-state index in [1.165, 1.54) is 6.92 Å². The Morgan fingerprint density at radius 3 is 2.75 bits per heavy atom. The lowest BCUT2D eigenvalue weighted by molar-refractivity contribution is -0.114. The van der Waals surface area contributed by atoms with Crippen LogP contribution in [0.2, 0.25) is 0 Å². The maximum absolute atomic E-state index is 11.4. The minimum absolute atomic E-state index is 0.115. The molecular formula is C6H10N4O4S2. The van der Waals surface area contributed by atoms with E-state index < -0.39 is 10.0 Å². The Morgan fingerprint density at radius 1 is 1.50 bits per heavy atom. The molecule has 1 rings (SSSR count). The first-order valence-electron chi connectivity index (χ1n) is 4.20. The number of nitrogens with one attached hydrogen (secondary N) is 2. The lowest BCUT2D eigenvalue weighted by Gasteiger charge is -2.00. The highest BCUT2D eigenvalue weighted by Crippen LogP contribution is 2.19. The van der Waals surface area contributed by atoms with Crippen LogP contribution in [-0.4, -0.2) is 31.1 Å². The van der Waals surface area contributed by atoms with Gasteiger partial charge in [-0.3, -0.25) is 9.63 Å². The molecule has 10 heteroatoms. The topological polar surface area (TPSA) is 110 Å². The molecular weight excluding hydrogens is 256 g/mol. The summed E-state index contributed by atoms with van der Waals surface area (Å²) in [5.41, 5.74) is 0. The van der Waals surface area contributed by atoms with Crippen LogP contribution in [0.15, 0.2) is 4.34 Å². The van der Waals surface area contributed by atoms with Gasteiger partial charge in [-0.25, -0.2) is 8.42 Å². The summed E-state index contributed by atoms with van der Waals surface area (Å²) in [6.45, 7) is 3.11. The third kappa shape index (κ3) is 3.48. The van der Waals surface area contributed by atoms with E-state index in [1.54, 1.807) is 6.92 Å². The van der Waals surface area contributed by atoms with Crippen molar-refractivity contribution in [2.24, 2.45) is 0 Å². The maximum atomic E-state index is 11.4. The number of rotatable bonds is 5. The molecule has 0 unspecified atom stereocenters. The number of sulfonamides is 1. The molecule has 8 nitrogen and oxygen atoms in total. The Kier molecular flexibility index (Phi) is 4.29. The van der Waals surface area contributed by atoms with Crippen LogP contribution >= 0.6 is 11.3 Å². The van der Waals surface area contributed by atoms with E-state index in [2.05, 4.69) is 20.4 Å². The molecule has 0 atom stereocenters. The van der Waals surface area contributed by atoms with Gasteiger partial charge >= 0.3 is 0 Å². The van der Waals surface area contributed by atoms with Crippen LogP contribution in [0.5, 0.6) is 0 Å². The minimum Gasteiger partial charge on any atom is -0.301 e. The summed E-state index contributed by atoms with van der Waals surface area (Å²) in [5, 5.41) is 9.35. The number of hydrogen-bond donors (Lipinski definition) is 2. The van der Waals surface area contributed by atoms with E-state index in [0.29, 0.717) is 0 Å². The lowest BCUT2D eigenvalue weighted by atomic mass is 10.7. The molecule has 1 amide bonds. The van der Waals surface area contributed by atoms with Crippen LogP contribution in [0, 0.1) is 0 Å². The third-order valence-corrected chi connectivity index (χ3v) is 3.65. The number of carbonyl (C=O) groups excluding carboxylic acids is 1. The predicted octanol–water partition coefficient (Wildman–Crippen LogP) is -0.274. The molecule has 0 aliphatic heterocycles. The molecule has 0 aliphatic carbocycles. The second-order valence-electron chi connectivity index (χ2n) is 2.57.